The number of halogens is 1. The van der Waals surface area contributed by atoms with Crippen molar-refractivity contribution in [1.82, 2.24) is 5.32 Å². The van der Waals surface area contributed by atoms with Gasteiger partial charge < -0.3 is 10.2 Å². The van der Waals surface area contributed by atoms with Crippen molar-refractivity contribution < 1.29 is 4.79 Å². The number of rotatable bonds is 3. The fourth-order valence-electron chi connectivity index (χ4n) is 2.26. The van der Waals surface area contributed by atoms with Crippen molar-refractivity contribution in [3.63, 3.8) is 0 Å². The summed E-state index contributed by atoms with van der Waals surface area (Å²) >= 11 is 0. The van der Waals surface area contributed by atoms with E-state index in [0.717, 1.165) is 25.3 Å². The molecule has 0 spiro atoms. The van der Waals surface area contributed by atoms with Gasteiger partial charge >= 0.3 is 0 Å². The number of hydrogen-bond donors (Lipinski definition) is 1. The molecule has 2 rings (SSSR count). The Morgan fingerprint density at radius 1 is 1.28 bits per heavy atom. The van der Waals surface area contributed by atoms with Crippen molar-refractivity contribution in [2.75, 3.05) is 24.5 Å². The van der Waals surface area contributed by atoms with Gasteiger partial charge in [-0.15, -0.1) is 12.4 Å². The standard InChI is InChI=1S/C14H20N2O.ClH/c1-4-16(14(17)12-8-15-9-12)13-6-10(2)5-11(3)7-13;/h5-7,12,15H,4,8-9H2,1-3H3;1H. The molecule has 0 unspecified atom stereocenters. The van der Waals surface area contributed by atoms with E-state index < -0.39 is 0 Å². The maximum atomic E-state index is 12.3. The van der Waals surface area contributed by atoms with E-state index in [4.69, 9.17) is 0 Å². The van der Waals surface area contributed by atoms with Crippen molar-refractivity contribution in [2.45, 2.75) is 20.8 Å². The number of nitrogens with one attached hydrogen (secondary N) is 1. The van der Waals surface area contributed by atoms with E-state index in [1.807, 2.05) is 11.8 Å². The first-order chi connectivity index (χ1) is 8.11. The van der Waals surface area contributed by atoms with Crippen LogP contribution in [-0.4, -0.2) is 25.5 Å². The zero-order valence-electron chi connectivity index (χ0n) is 11.2. The molecule has 18 heavy (non-hydrogen) atoms. The first-order valence-corrected chi connectivity index (χ1v) is 6.22. The third kappa shape index (κ3) is 3.03. The zero-order valence-corrected chi connectivity index (χ0v) is 12.0. The van der Waals surface area contributed by atoms with Crippen LogP contribution in [0.3, 0.4) is 0 Å². The molecule has 0 saturated carbocycles. The van der Waals surface area contributed by atoms with Crippen LogP contribution >= 0.6 is 12.4 Å². The lowest BCUT2D eigenvalue weighted by molar-refractivity contribution is -0.123. The van der Waals surface area contributed by atoms with E-state index in [1.165, 1.54) is 11.1 Å². The number of hydrogen-bond acceptors (Lipinski definition) is 2. The van der Waals surface area contributed by atoms with Crippen LogP contribution in [-0.2, 0) is 4.79 Å². The van der Waals surface area contributed by atoms with Crippen LogP contribution in [0.1, 0.15) is 18.1 Å². The van der Waals surface area contributed by atoms with Gasteiger partial charge in [0.25, 0.3) is 0 Å². The molecule has 1 aromatic rings. The number of anilines is 1. The molecule has 0 aromatic heterocycles. The maximum absolute atomic E-state index is 12.3. The molecule has 1 aliphatic heterocycles. The molecule has 0 radical (unpaired) electrons. The van der Waals surface area contributed by atoms with E-state index in [0.29, 0.717) is 0 Å². The number of aryl methyl sites for hydroxylation is 2. The number of amides is 1. The van der Waals surface area contributed by atoms with Crippen LogP contribution in [0.15, 0.2) is 18.2 Å². The Morgan fingerprint density at radius 2 is 1.83 bits per heavy atom. The molecular weight excluding hydrogens is 248 g/mol. The molecule has 1 aromatic carbocycles. The number of carbonyl (C=O) groups excluding carboxylic acids is 1. The molecule has 1 amide bonds. The van der Waals surface area contributed by atoms with Crippen molar-refractivity contribution in [3.8, 4) is 0 Å². The molecule has 0 aliphatic carbocycles. The quantitative estimate of drug-likeness (QED) is 0.912. The molecule has 1 N–H and O–H groups in total. The highest BCUT2D eigenvalue weighted by molar-refractivity contribution is 5.96. The van der Waals surface area contributed by atoms with E-state index in [-0.39, 0.29) is 24.2 Å². The van der Waals surface area contributed by atoms with Gasteiger partial charge in [0.15, 0.2) is 0 Å². The second kappa shape index (κ2) is 6.21. The zero-order chi connectivity index (χ0) is 12.4. The van der Waals surface area contributed by atoms with Crippen LogP contribution in [0, 0.1) is 19.8 Å². The highest BCUT2D eigenvalue weighted by atomic mass is 35.5. The van der Waals surface area contributed by atoms with Gasteiger partial charge in [0.1, 0.15) is 0 Å². The van der Waals surface area contributed by atoms with Gasteiger partial charge in [-0.3, -0.25) is 4.79 Å². The first-order valence-electron chi connectivity index (χ1n) is 6.22. The normalized spacial score (nSPS) is 14.6. The minimum Gasteiger partial charge on any atom is -0.315 e. The SMILES string of the molecule is CCN(C(=O)C1CNC1)c1cc(C)cc(C)c1.Cl. The minimum atomic E-state index is 0. The molecule has 0 atom stereocenters. The van der Waals surface area contributed by atoms with E-state index >= 15 is 0 Å². The largest absolute Gasteiger partial charge is 0.315 e. The van der Waals surface area contributed by atoms with Crippen LogP contribution in [0.25, 0.3) is 0 Å². The Balaban J connectivity index is 0.00000162. The maximum Gasteiger partial charge on any atom is 0.232 e. The van der Waals surface area contributed by atoms with Crippen molar-refractivity contribution in [1.29, 1.82) is 0 Å². The van der Waals surface area contributed by atoms with Gasteiger partial charge in [-0.25, -0.2) is 0 Å². The summed E-state index contributed by atoms with van der Waals surface area (Å²) in [7, 11) is 0. The van der Waals surface area contributed by atoms with Crippen LogP contribution in [0.4, 0.5) is 5.69 Å². The predicted molar refractivity (Wildman–Crippen MR) is 77.6 cm³/mol. The summed E-state index contributed by atoms with van der Waals surface area (Å²) in [5.74, 6) is 0.409. The molecule has 0 bridgehead atoms. The highest BCUT2D eigenvalue weighted by Gasteiger charge is 2.29. The van der Waals surface area contributed by atoms with Crippen molar-refractivity contribution >= 4 is 24.0 Å². The summed E-state index contributed by atoms with van der Waals surface area (Å²) in [4.78, 5) is 14.2. The number of carbonyl (C=O) groups is 1. The van der Waals surface area contributed by atoms with Gasteiger partial charge in [0.05, 0.1) is 5.92 Å². The molecule has 1 saturated heterocycles. The second-order valence-corrected chi connectivity index (χ2v) is 4.78. The highest BCUT2D eigenvalue weighted by Crippen LogP contribution is 2.21. The third-order valence-corrected chi connectivity index (χ3v) is 3.23. The fraction of sp³-hybridized carbons (Fsp3) is 0.500. The molecule has 1 heterocycles. The first kappa shape index (κ1) is 15.0. The van der Waals surface area contributed by atoms with Gasteiger partial charge in [-0.1, -0.05) is 6.07 Å². The van der Waals surface area contributed by atoms with E-state index in [1.54, 1.807) is 0 Å². The van der Waals surface area contributed by atoms with Crippen LogP contribution in [0.5, 0.6) is 0 Å². The topological polar surface area (TPSA) is 32.3 Å². The Bertz CT molecular complexity index is 410. The van der Waals surface area contributed by atoms with Gasteiger partial charge in [-0.05, 0) is 44.0 Å². The van der Waals surface area contributed by atoms with Gasteiger partial charge in [0.2, 0.25) is 5.91 Å². The summed E-state index contributed by atoms with van der Waals surface area (Å²) in [6.45, 7) is 8.54. The van der Waals surface area contributed by atoms with E-state index in [2.05, 4.69) is 37.4 Å². The number of nitrogens with zero attached hydrogens (tertiary/aromatic N) is 1. The average molecular weight is 269 g/mol. The summed E-state index contributed by atoms with van der Waals surface area (Å²) in [5, 5.41) is 3.15. The van der Waals surface area contributed by atoms with Crippen LogP contribution in [0.2, 0.25) is 0 Å². The van der Waals surface area contributed by atoms with Crippen molar-refractivity contribution in [2.24, 2.45) is 5.92 Å². The molecule has 3 nitrogen and oxygen atoms in total. The summed E-state index contributed by atoms with van der Waals surface area (Å²) in [6.07, 6.45) is 0. The monoisotopic (exact) mass is 268 g/mol. The summed E-state index contributed by atoms with van der Waals surface area (Å²) in [5.41, 5.74) is 3.44. The lowest BCUT2D eigenvalue weighted by atomic mass is 10.0. The second-order valence-electron chi connectivity index (χ2n) is 4.78. The smallest absolute Gasteiger partial charge is 0.232 e. The van der Waals surface area contributed by atoms with E-state index in [9.17, 15) is 4.79 Å². The fourth-order valence-corrected chi connectivity index (χ4v) is 2.26. The Kier molecular flexibility index (Phi) is 5.17. The summed E-state index contributed by atoms with van der Waals surface area (Å²) in [6, 6.07) is 6.30. The molecule has 1 aliphatic rings. The Hall–Kier alpha value is -1.06. The average Bonchev–Trinajstić information content (AvgIpc) is 2.14. The molecular formula is C14H21ClN2O. The van der Waals surface area contributed by atoms with Gasteiger partial charge in [-0.2, -0.15) is 0 Å². The predicted octanol–water partition coefficient (Wildman–Crippen LogP) is 2.30. The Labute approximate surface area is 115 Å². The molecule has 1 fully saturated rings. The Morgan fingerprint density at radius 3 is 2.22 bits per heavy atom. The lowest BCUT2D eigenvalue weighted by Gasteiger charge is -2.32. The van der Waals surface area contributed by atoms with Crippen molar-refractivity contribution in [3.05, 3.63) is 29.3 Å². The van der Waals surface area contributed by atoms with Gasteiger partial charge in [0, 0.05) is 25.3 Å². The summed E-state index contributed by atoms with van der Waals surface area (Å²) < 4.78 is 0. The number of benzene rings is 1. The lowest BCUT2D eigenvalue weighted by Crippen LogP contribution is -2.52. The molecule has 100 valence electrons. The molecule has 4 heteroatoms. The third-order valence-electron chi connectivity index (χ3n) is 3.23. The van der Waals surface area contributed by atoms with Crippen LogP contribution < -0.4 is 10.2 Å². The minimum absolute atomic E-state index is 0.